The molecule has 2 aliphatic rings. The minimum Gasteiger partial charge on any atom is -0.481 e. The maximum absolute atomic E-state index is 11.3. The average Bonchev–Trinajstić information content (AvgIpc) is 2.98. The molecule has 1 aliphatic carbocycles. The van der Waals surface area contributed by atoms with Crippen LogP contribution < -0.4 is 0 Å². The first-order chi connectivity index (χ1) is 8.69. The van der Waals surface area contributed by atoms with E-state index in [0.717, 1.165) is 12.5 Å². The molecule has 1 saturated carbocycles. The molecule has 2 rings (SSSR count). The van der Waals surface area contributed by atoms with Crippen LogP contribution in [0.2, 0.25) is 0 Å². The summed E-state index contributed by atoms with van der Waals surface area (Å²) in [4.78, 5) is 13.7. The van der Waals surface area contributed by atoms with Crippen LogP contribution >= 0.6 is 0 Å². The summed E-state index contributed by atoms with van der Waals surface area (Å²) in [5.41, 5.74) is 0. The van der Waals surface area contributed by atoms with Gasteiger partial charge in [-0.3, -0.25) is 9.69 Å². The third kappa shape index (κ3) is 2.54. The number of nitrogens with zero attached hydrogens (tertiary/aromatic N) is 1. The molecule has 1 aliphatic heterocycles. The first-order valence-electron chi connectivity index (χ1n) is 7.25. The van der Waals surface area contributed by atoms with Crippen LogP contribution in [0.25, 0.3) is 0 Å². The van der Waals surface area contributed by atoms with Gasteiger partial charge in [-0.2, -0.15) is 0 Å². The van der Waals surface area contributed by atoms with Gasteiger partial charge in [-0.25, -0.2) is 0 Å². The van der Waals surface area contributed by atoms with Crippen LogP contribution in [-0.4, -0.2) is 47.8 Å². The Bertz CT molecular complexity index is 295. The van der Waals surface area contributed by atoms with E-state index in [1.54, 1.807) is 0 Å². The van der Waals surface area contributed by atoms with Crippen molar-refractivity contribution in [2.24, 2.45) is 11.8 Å². The summed E-state index contributed by atoms with van der Waals surface area (Å²) in [5.74, 6) is -0.315. The van der Waals surface area contributed by atoms with Crippen molar-refractivity contribution >= 4 is 5.97 Å². The third-order valence-corrected chi connectivity index (χ3v) is 4.73. The van der Waals surface area contributed by atoms with Crippen molar-refractivity contribution in [3.8, 4) is 0 Å². The van der Waals surface area contributed by atoms with Gasteiger partial charge < -0.3 is 9.84 Å². The summed E-state index contributed by atoms with van der Waals surface area (Å²) >= 11 is 0. The highest BCUT2D eigenvalue weighted by Crippen LogP contribution is 2.35. The lowest BCUT2D eigenvalue weighted by Crippen LogP contribution is -2.49. The fraction of sp³-hybridized carbons (Fsp3) is 0.929. The Morgan fingerprint density at radius 3 is 2.67 bits per heavy atom. The quantitative estimate of drug-likeness (QED) is 0.816. The molecule has 4 unspecified atom stereocenters. The number of hydrogen-bond acceptors (Lipinski definition) is 3. The van der Waals surface area contributed by atoms with Gasteiger partial charge in [0.2, 0.25) is 0 Å². The van der Waals surface area contributed by atoms with E-state index in [0.29, 0.717) is 19.3 Å². The van der Waals surface area contributed by atoms with Gasteiger partial charge in [0.25, 0.3) is 0 Å². The molecule has 2 fully saturated rings. The second-order valence-corrected chi connectivity index (χ2v) is 5.55. The zero-order valence-electron chi connectivity index (χ0n) is 11.5. The summed E-state index contributed by atoms with van der Waals surface area (Å²) in [5, 5.41) is 9.29. The fourth-order valence-electron chi connectivity index (χ4n) is 3.75. The fourth-order valence-corrected chi connectivity index (χ4v) is 3.75. The normalized spacial score (nSPS) is 36.4. The van der Waals surface area contributed by atoms with Crippen LogP contribution in [0.4, 0.5) is 0 Å². The standard InChI is InChI=1S/C14H25NO3/c1-3-10-6-5-7-12(10)15(4-2)13-9-18-8-11(13)14(16)17/h10-13H,3-9H2,1-2H3,(H,16,17). The number of aliphatic carboxylic acids is 1. The van der Waals surface area contributed by atoms with Gasteiger partial charge >= 0.3 is 5.97 Å². The molecule has 0 aromatic carbocycles. The lowest BCUT2D eigenvalue weighted by molar-refractivity contribution is -0.143. The molecule has 1 heterocycles. The molecule has 0 aromatic rings. The summed E-state index contributed by atoms with van der Waals surface area (Å²) in [6.07, 6.45) is 5.00. The van der Waals surface area contributed by atoms with E-state index in [9.17, 15) is 9.90 Å². The number of carboxylic acid groups (broad SMARTS) is 1. The summed E-state index contributed by atoms with van der Waals surface area (Å²) in [7, 11) is 0. The molecule has 4 atom stereocenters. The van der Waals surface area contributed by atoms with Gasteiger partial charge in [-0.15, -0.1) is 0 Å². The number of hydrogen-bond donors (Lipinski definition) is 1. The van der Waals surface area contributed by atoms with E-state index in [4.69, 9.17) is 4.74 Å². The summed E-state index contributed by atoms with van der Waals surface area (Å²) in [6, 6.07) is 0.637. The Hall–Kier alpha value is -0.610. The molecule has 1 saturated heterocycles. The minimum absolute atomic E-state index is 0.0737. The van der Waals surface area contributed by atoms with E-state index in [2.05, 4.69) is 18.7 Å². The van der Waals surface area contributed by atoms with Crippen molar-refractivity contribution < 1.29 is 14.6 Å². The molecule has 104 valence electrons. The van der Waals surface area contributed by atoms with Crippen molar-refractivity contribution in [2.45, 2.75) is 51.6 Å². The van der Waals surface area contributed by atoms with Crippen molar-refractivity contribution in [2.75, 3.05) is 19.8 Å². The second-order valence-electron chi connectivity index (χ2n) is 5.55. The van der Waals surface area contributed by atoms with Crippen LogP contribution in [0.3, 0.4) is 0 Å². The van der Waals surface area contributed by atoms with Gasteiger partial charge in [-0.05, 0) is 25.3 Å². The molecule has 0 amide bonds. The molecule has 0 aromatic heterocycles. The molecule has 4 nitrogen and oxygen atoms in total. The Balaban J connectivity index is 2.10. The highest BCUT2D eigenvalue weighted by Gasteiger charge is 2.42. The van der Waals surface area contributed by atoms with Crippen molar-refractivity contribution in [1.82, 2.24) is 4.90 Å². The molecule has 1 N–H and O–H groups in total. The molecule has 0 spiro atoms. The van der Waals surface area contributed by atoms with Crippen molar-refractivity contribution in [3.05, 3.63) is 0 Å². The van der Waals surface area contributed by atoms with E-state index in [1.165, 1.54) is 25.7 Å². The Kier molecular flexibility index (Phi) is 4.62. The van der Waals surface area contributed by atoms with Gasteiger partial charge in [-0.1, -0.05) is 26.7 Å². The van der Waals surface area contributed by atoms with Gasteiger partial charge in [0.1, 0.15) is 0 Å². The number of likely N-dealkylation sites (N-methyl/N-ethyl adjacent to an activating group) is 1. The van der Waals surface area contributed by atoms with E-state index < -0.39 is 5.97 Å². The van der Waals surface area contributed by atoms with Crippen LogP contribution in [0.15, 0.2) is 0 Å². The zero-order valence-corrected chi connectivity index (χ0v) is 11.5. The van der Waals surface area contributed by atoms with Crippen LogP contribution in [0.5, 0.6) is 0 Å². The molecular weight excluding hydrogens is 230 g/mol. The highest BCUT2D eigenvalue weighted by atomic mass is 16.5. The predicted octanol–water partition coefficient (Wildman–Crippen LogP) is 1.99. The predicted molar refractivity (Wildman–Crippen MR) is 69.5 cm³/mol. The van der Waals surface area contributed by atoms with Crippen LogP contribution in [0, 0.1) is 11.8 Å². The van der Waals surface area contributed by atoms with Crippen molar-refractivity contribution in [3.63, 3.8) is 0 Å². The Labute approximate surface area is 109 Å². The first kappa shape index (κ1) is 13.8. The molecule has 18 heavy (non-hydrogen) atoms. The SMILES string of the molecule is CCC1CCCC1N(CC)C1COCC1C(=O)O. The zero-order chi connectivity index (χ0) is 13.1. The molecular formula is C14H25NO3. The lowest BCUT2D eigenvalue weighted by Gasteiger charge is -2.37. The average molecular weight is 255 g/mol. The molecule has 4 heteroatoms. The summed E-state index contributed by atoms with van der Waals surface area (Å²) < 4.78 is 5.42. The number of rotatable bonds is 5. The largest absolute Gasteiger partial charge is 0.481 e. The number of carboxylic acids is 1. The minimum atomic E-state index is -0.706. The Morgan fingerprint density at radius 1 is 1.28 bits per heavy atom. The van der Waals surface area contributed by atoms with E-state index in [1.807, 2.05) is 0 Å². The highest BCUT2D eigenvalue weighted by molar-refractivity contribution is 5.71. The topological polar surface area (TPSA) is 49.8 Å². The smallest absolute Gasteiger partial charge is 0.310 e. The van der Waals surface area contributed by atoms with Crippen LogP contribution in [-0.2, 0) is 9.53 Å². The number of carbonyl (C=O) groups is 1. The maximum Gasteiger partial charge on any atom is 0.310 e. The van der Waals surface area contributed by atoms with E-state index in [-0.39, 0.29) is 12.0 Å². The molecule has 0 bridgehead atoms. The molecule has 0 radical (unpaired) electrons. The van der Waals surface area contributed by atoms with Gasteiger partial charge in [0.15, 0.2) is 0 Å². The van der Waals surface area contributed by atoms with Crippen molar-refractivity contribution in [1.29, 1.82) is 0 Å². The lowest BCUT2D eigenvalue weighted by atomic mass is 9.94. The summed E-state index contributed by atoms with van der Waals surface area (Å²) in [6.45, 7) is 6.27. The van der Waals surface area contributed by atoms with Gasteiger partial charge in [0, 0.05) is 12.1 Å². The Morgan fingerprint density at radius 2 is 2.06 bits per heavy atom. The van der Waals surface area contributed by atoms with Crippen LogP contribution in [0.1, 0.15) is 39.5 Å². The first-order valence-corrected chi connectivity index (χ1v) is 7.25. The number of ether oxygens (including phenoxy) is 1. The monoisotopic (exact) mass is 255 g/mol. The second kappa shape index (κ2) is 6.02. The maximum atomic E-state index is 11.3. The van der Waals surface area contributed by atoms with Gasteiger partial charge in [0.05, 0.1) is 19.1 Å². The third-order valence-electron chi connectivity index (χ3n) is 4.73. The van der Waals surface area contributed by atoms with E-state index >= 15 is 0 Å².